The fraction of sp³-hybridized carbons (Fsp3) is 0.280. The third-order valence-electron chi connectivity index (χ3n) is 5.71. The fourth-order valence-electron chi connectivity index (χ4n) is 3.96. The van der Waals surface area contributed by atoms with E-state index in [1.807, 2.05) is 49.4 Å². The number of halogens is 1. The number of hydrogen-bond acceptors (Lipinski definition) is 4. The van der Waals surface area contributed by atoms with E-state index in [9.17, 15) is 4.79 Å². The predicted octanol–water partition coefficient (Wildman–Crippen LogP) is 4.15. The van der Waals surface area contributed by atoms with Crippen molar-refractivity contribution in [2.24, 2.45) is 5.10 Å². The molecule has 3 aromatic rings. The molecular formula is C25H27ClN4O. The molecule has 1 fully saturated rings. The van der Waals surface area contributed by atoms with Crippen LogP contribution in [0.3, 0.4) is 0 Å². The highest BCUT2D eigenvalue weighted by Gasteiger charge is 2.19. The zero-order chi connectivity index (χ0) is 21.6. The van der Waals surface area contributed by atoms with Crippen molar-refractivity contribution in [1.82, 2.24) is 15.2 Å². The molecule has 4 rings (SSSR count). The average Bonchev–Trinajstić information content (AvgIpc) is 2.80. The van der Waals surface area contributed by atoms with Crippen molar-refractivity contribution < 1.29 is 4.79 Å². The van der Waals surface area contributed by atoms with Crippen molar-refractivity contribution in [3.8, 4) is 0 Å². The summed E-state index contributed by atoms with van der Waals surface area (Å²) in [6.45, 7) is 6.65. The molecule has 160 valence electrons. The first-order valence-electron chi connectivity index (χ1n) is 10.6. The maximum atomic E-state index is 12.4. The Morgan fingerprint density at radius 2 is 1.61 bits per heavy atom. The molecule has 1 saturated heterocycles. The van der Waals surface area contributed by atoms with Crippen molar-refractivity contribution in [1.29, 1.82) is 0 Å². The van der Waals surface area contributed by atoms with Gasteiger partial charge >= 0.3 is 0 Å². The first-order chi connectivity index (χ1) is 15.1. The normalized spacial score (nSPS) is 15.9. The lowest BCUT2D eigenvalue weighted by atomic mass is 10.0. The molecule has 5 nitrogen and oxygen atoms in total. The highest BCUT2D eigenvalue weighted by Crippen LogP contribution is 2.19. The van der Waals surface area contributed by atoms with Crippen LogP contribution in [0.2, 0.25) is 5.02 Å². The van der Waals surface area contributed by atoms with Gasteiger partial charge in [-0.25, -0.2) is 5.43 Å². The van der Waals surface area contributed by atoms with Crippen LogP contribution in [0.25, 0.3) is 10.8 Å². The molecule has 0 atom stereocenters. The summed E-state index contributed by atoms with van der Waals surface area (Å²) < 4.78 is 0. The molecule has 0 radical (unpaired) electrons. The van der Waals surface area contributed by atoms with E-state index in [0.29, 0.717) is 6.54 Å². The third kappa shape index (κ3) is 5.50. The van der Waals surface area contributed by atoms with Gasteiger partial charge in [0, 0.05) is 43.3 Å². The number of carbonyl (C=O) groups is 1. The van der Waals surface area contributed by atoms with E-state index in [2.05, 4.69) is 44.6 Å². The van der Waals surface area contributed by atoms with E-state index < -0.39 is 0 Å². The number of rotatable bonds is 6. The van der Waals surface area contributed by atoms with Crippen LogP contribution in [0.5, 0.6) is 0 Å². The molecule has 31 heavy (non-hydrogen) atoms. The largest absolute Gasteiger partial charge is 0.296 e. The summed E-state index contributed by atoms with van der Waals surface area (Å²) in [5.41, 5.74) is 5.71. The second-order valence-corrected chi connectivity index (χ2v) is 8.31. The summed E-state index contributed by atoms with van der Waals surface area (Å²) in [5, 5.41) is 7.46. The van der Waals surface area contributed by atoms with Gasteiger partial charge in [0.1, 0.15) is 0 Å². The second-order valence-electron chi connectivity index (χ2n) is 7.90. The maximum Gasteiger partial charge on any atom is 0.254 e. The Bertz CT molecular complexity index is 1080. The lowest BCUT2D eigenvalue weighted by molar-refractivity contribution is -0.122. The van der Waals surface area contributed by atoms with Crippen LogP contribution in [-0.4, -0.2) is 54.1 Å². The van der Waals surface area contributed by atoms with Crippen molar-refractivity contribution >= 4 is 34.0 Å². The summed E-state index contributed by atoms with van der Waals surface area (Å²) in [6, 6.07) is 22.3. The Hall–Kier alpha value is -2.73. The molecule has 1 N–H and O–H groups in total. The molecule has 0 unspecified atom stereocenters. The number of nitrogens with zero attached hydrogens (tertiary/aromatic N) is 3. The number of fused-ring (bicyclic) bond motifs is 1. The van der Waals surface area contributed by atoms with Gasteiger partial charge in [-0.1, -0.05) is 72.3 Å². The number of hydrogen-bond donors (Lipinski definition) is 1. The number of nitrogens with one attached hydrogen (secondary N) is 1. The maximum absolute atomic E-state index is 12.4. The Morgan fingerprint density at radius 3 is 2.42 bits per heavy atom. The molecule has 0 spiro atoms. The van der Waals surface area contributed by atoms with Crippen LogP contribution in [0.4, 0.5) is 0 Å². The van der Waals surface area contributed by atoms with Crippen LogP contribution in [0.15, 0.2) is 71.8 Å². The summed E-state index contributed by atoms with van der Waals surface area (Å²) in [6.07, 6.45) is 0. The number of carbonyl (C=O) groups excluding carboxylic acids is 1. The van der Waals surface area contributed by atoms with E-state index in [0.717, 1.165) is 65.4 Å². The summed E-state index contributed by atoms with van der Waals surface area (Å²) in [4.78, 5) is 17.0. The van der Waals surface area contributed by atoms with Gasteiger partial charge in [-0.15, -0.1) is 0 Å². The summed E-state index contributed by atoms with van der Waals surface area (Å²) in [7, 11) is 0. The van der Waals surface area contributed by atoms with Gasteiger partial charge in [0.25, 0.3) is 5.91 Å². The Labute approximate surface area is 188 Å². The van der Waals surface area contributed by atoms with Gasteiger partial charge in [-0.05, 0) is 29.3 Å². The Kier molecular flexibility index (Phi) is 6.97. The zero-order valence-electron chi connectivity index (χ0n) is 17.7. The number of amides is 1. The van der Waals surface area contributed by atoms with Crippen LogP contribution < -0.4 is 5.43 Å². The highest BCUT2D eigenvalue weighted by molar-refractivity contribution is 6.31. The van der Waals surface area contributed by atoms with Crippen molar-refractivity contribution in [3.63, 3.8) is 0 Å². The van der Waals surface area contributed by atoms with E-state index in [1.165, 1.54) is 0 Å². The highest BCUT2D eigenvalue weighted by atomic mass is 35.5. The van der Waals surface area contributed by atoms with Crippen molar-refractivity contribution in [3.05, 3.63) is 82.9 Å². The third-order valence-corrected chi connectivity index (χ3v) is 6.08. The molecule has 0 saturated carbocycles. The molecule has 3 aromatic carbocycles. The quantitative estimate of drug-likeness (QED) is 0.468. The van der Waals surface area contributed by atoms with Gasteiger partial charge in [-0.2, -0.15) is 5.10 Å². The second kappa shape index (κ2) is 10.1. The summed E-state index contributed by atoms with van der Waals surface area (Å²) >= 11 is 6.28. The van der Waals surface area contributed by atoms with Gasteiger partial charge < -0.3 is 0 Å². The Balaban J connectivity index is 1.28. The summed E-state index contributed by atoms with van der Waals surface area (Å²) in [5.74, 6) is -0.0841. The standard InChI is InChI=1S/C25H27ClN4O/c1-19(22-11-6-9-20-7-2-4-10-23(20)22)27-28-25(31)18-30-15-13-29(14-16-30)17-21-8-3-5-12-24(21)26/h2-12H,13-18H2,1H3,(H,28,31). The van der Waals surface area contributed by atoms with E-state index in [-0.39, 0.29) is 5.91 Å². The number of benzene rings is 3. The van der Waals surface area contributed by atoms with Gasteiger partial charge in [0.2, 0.25) is 0 Å². The van der Waals surface area contributed by atoms with E-state index in [4.69, 9.17) is 11.6 Å². The lowest BCUT2D eigenvalue weighted by Gasteiger charge is -2.34. The van der Waals surface area contributed by atoms with Gasteiger partial charge in [0.15, 0.2) is 0 Å². The predicted molar refractivity (Wildman–Crippen MR) is 127 cm³/mol. The smallest absolute Gasteiger partial charge is 0.254 e. The Morgan fingerprint density at radius 1 is 0.935 bits per heavy atom. The molecule has 1 heterocycles. The number of piperazine rings is 1. The van der Waals surface area contributed by atoms with Gasteiger partial charge in [-0.3, -0.25) is 14.6 Å². The minimum absolute atomic E-state index is 0.0841. The lowest BCUT2D eigenvalue weighted by Crippen LogP contribution is -2.48. The fourth-order valence-corrected chi connectivity index (χ4v) is 4.15. The van der Waals surface area contributed by atoms with Crippen LogP contribution >= 0.6 is 11.6 Å². The first kappa shape index (κ1) is 21.5. The molecule has 0 bridgehead atoms. The van der Waals surface area contributed by atoms with Crippen LogP contribution in [0, 0.1) is 0 Å². The van der Waals surface area contributed by atoms with E-state index >= 15 is 0 Å². The average molecular weight is 435 g/mol. The molecule has 0 aromatic heterocycles. The molecule has 1 aliphatic rings. The van der Waals surface area contributed by atoms with Crippen molar-refractivity contribution in [2.45, 2.75) is 13.5 Å². The molecule has 0 aliphatic carbocycles. The molecule has 6 heteroatoms. The SMILES string of the molecule is CC(=NNC(=O)CN1CCN(Cc2ccccc2Cl)CC1)c1cccc2ccccc12. The van der Waals surface area contributed by atoms with Crippen molar-refractivity contribution in [2.75, 3.05) is 32.7 Å². The monoisotopic (exact) mass is 434 g/mol. The first-order valence-corrected chi connectivity index (χ1v) is 11.0. The minimum atomic E-state index is -0.0841. The van der Waals surface area contributed by atoms with Crippen LogP contribution in [0.1, 0.15) is 18.1 Å². The molecule has 1 aliphatic heterocycles. The molecule has 1 amide bonds. The zero-order valence-corrected chi connectivity index (χ0v) is 18.5. The minimum Gasteiger partial charge on any atom is -0.296 e. The number of hydrazone groups is 1. The van der Waals surface area contributed by atoms with Crippen LogP contribution in [-0.2, 0) is 11.3 Å². The topological polar surface area (TPSA) is 47.9 Å². The van der Waals surface area contributed by atoms with Gasteiger partial charge in [0.05, 0.1) is 12.3 Å². The molecular weight excluding hydrogens is 408 g/mol. The van der Waals surface area contributed by atoms with E-state index in [1.54, 1.807) is 0 Å².